The van der Waals surface area contributed by atoms with Crippen molar-refractivity contribution in [2.24, 2.45) is 15.8 Å². The van der Waals surface area contributed by atoms with Crippen LogP contribution in [0.5, 0.6) is 0 Å². The van der Waals surface area contributed by atoms with Gasteiger partial charge >= 0.3 is 0 Å². The van der Waals surface area contributed by atoms with Crippen molar-refractivity contribution in [2.75, 3.05) is 11.3 Å². The standard InChI is InChI=1S/C15H24N2S4/c1-13(2,3)15(14(4,5)6)11(8-18-7)21-12(17-15)20-10-19-9-16/h8H,10H2,1-7H3/b11-8-. The summed E-state index contributed by atoms with van der Waals surface area (Å²) in [5, 5.41) is 13.8. The molecule has 21 heavy (non-hydrogen) atoms. The Balaban J connectivity index is 3.29. The van der Waals surface area contributed by atoms with Crippen LogP contribution in [0.2, 0.25) is 0 Å². The van der Waals surface area contributed by atoms with Gasteiger partial charge in [0.15, 0.2) is 0 Å². The van der Waals surface area contributed by atoms with Crippen LogP contribution >= 0.6 is 47.0 Å². The van der Waals surface area contributed by atoms with E-state index in [2.05, 4.69) is 58.6 Å². The van der Waals surface area contributed by atoms with Crippen LogP contribution in [0, 0.1) is 21.5 Å². The number of nitriles is 1. The van der Waals surface area contributed by atoms with Gasteiger partial charge in [-0.3, -0.25) is 4.99 Å². The summed E-state index contributed by atoms with van der Waals surface area (Å²) in [5.74, 6) is 0. The molecule has 0 unspecified atom stereocenters. The van der Waals surface area contributed by atoms with Gasteiger partial charge in [0.1, 0.15) is 15.3 Å². The normalized spacial score (nSPS) is 20.5. The van der Waals surface area contributed by atoms with Crippen molar-refractivity contribution in [1.29, 1.82) is 5.26 Å². The number of hydrogen-bond donors (Lipinski definition) is 0. The molecule has 0 aromatic rings. The molecule has 0 radical (unpaired) electrons. The first-order valence-electron chi connectivity index (χ1n) is 6.75. The molecule has 0 aromatic carbocycles. The molecular weight excluding hydrogens is 336 g/mol. The molecule has 118 valence electrons. The van der Waals surface area contributed by atoms with Crippen molar-refractivity contribution < 1.29 is 0 Å². The Hall–Kier alpha value is 0.300. The van der Waals surface area contributed by atoms with E-state index in [1.54, 1.807) is 35.3 Å². The Morgan fingerprint density at radius 3 is 2.24 bits per heavy atom. The summed E-state index contributed by atoms with van der Waals surface area (Å²) in [5.41, 5.74) is -0.150. The van der Waals surface area contributed by atoms with Crippen LogP contribution in [0.4, 0.5) is 0 Å². The molecular formula is C15H24N2S4. The van der Waals surface area contributed by atoms with Crippen molar-refractivity contribution in [1.82, 2.24) is 0 Å². The van der Waals surface area contributed by atoms with E-state index in [4.69, 9.17) is 10.3 Å². The molecule has 1 aliphatic heterocycles. The molecule has 0 saturated heterocycles. The van der Waals surface area contributed by atoms with E-state index < -0.39 is 0 Å². The Bertz CT molecular complexity index is 461. The molecule has 0 saturated carbocycles. The molecule has 0 spiro atoms. The minimum atomic E-state index is -0.215. The van der Waals surface area contributed by atoms with Crippen molar-refractivity contribution >= 4 is 51.4 Å². The van der Waals surface area contributed by atoms with Gasteiger partial charge in [-0.05, 0) is 34.3 Å². The van der Waals surface area contributed by atoms with Crippen LogP contribution in [0.15, 0.2) is 15.3 Å². The third-order valence-corrected chi connectivity index (χ3v) is 7.05. The number of thioether (sulfide) groups is 4. The second kappa shape index (κ2) is 7.25. The van der Waals surface area contributed by atoms with Crippen LogP contribution in [0.1, 0.15) is 41.5 Å². The van der Waals surface area contributed by atoms with Crippen LogP contribution < -0.4 is 0 Å². The first kappa shape index (κ1) is 19.3. The van der Waals surface area contributed by atoms with Crippen LogP contribution in [0.25, 0.3) is 0 Å². The molecule has 0 aliphatic carbocycles. The summed E-state index contributed by atoms with van der Waals surface area (Å²) in [6, 6.07) is 0. The second-order valence-corrected chi connectivity index (χ2v) is 11.0. The average molecular weight is 361 g/mol. The van der Waals surface area contributed by atoms with E-state index in [0.717, 1.165) is 9.46 Å². The summed E-state index contributed by atoms with van der Waals surface area (Å²) in [4.78, 5) is 6.50. The van der Waals surface area contributed by atoms with E-state index in [-0.39, 0.29) is 16.4 Å². The van der Waals surface area contributed by atoms with Gasteiger partial charge in [0.05, 0.1) is 5.08 Å². The van der Waals surface area contributed by atoms with Gasteiger partial charge in [-0.25, -0.2) is 0 Å². The summed E-state index contributed by atoms with van der Waals surface area (Å²) < 4.78 is 1.09. The molecule has 2 nitrogen and oxygen atoms in total. The van der Waals surface area contributed by atoms with Gasteiger partial charge in [0.2, 0.25) is 0 Å². The smallest absolute Gasteiger partial charge is 0.134 e. The number of thiocyanates is 1. The van der Waals surface area contributed by atoms with E-state index in [9.17, 15) is 0 Å². The summed E-state index contributed by atoms with van der Waals surface area (Å²) in [6.07, 6.45) is 2.10. The van der Waals surface area contributed by atoms with Gasteiger partial charge in [-0.2, -0.15) is 5.26 Å². The summed E-state index contributed by atoms with van der Waals surface area (Å²) >= 11 is 6.47. The molecule has 0 aromatic heterocycles. The Labute approximate surface area is 146 Å². The maximum Gasteiger partial charge on any atom is 0.134 e. The molecule has 1 rings (SSSR count). The van der Waals surface area contributed by atoms with Gasteiger partial charge < -0.3 is 0 Å². The minimum Gasteiger partial charge on any atom is -0.258 e. The highest BCUT2D eigenvalue weighted by Crippen LogP contribution is 2.60. The average Bonchev–Trinajstić information content (AvgIpc) is 2.69. The molecule has 0 fully saturated rings. The minimum absolute atomic E-state index is 0.0322. The van der Waals surface area contributed by atoms with E-state index in [0.29, 0.717) is 0 Å². The number of rotatable bonds is 3. The van der Waals surface area contributed by atoms with E-state index in [1.165, 1.54) is 16.7 Å². The van der Waals surface area contributed by atoms with Crippen molar-refractivity contribution in [2.45, 2.75) is 47.1 Å². The zero-order chi connectivity index (χ0) is 16.3. The fourth-order valence-corrected chi connectivity index (χ4v) is 7.00. The van der Waals surface area contributed by atoms with Crippen LogP contribution in [0.3, 0.4) is 0 Å². The maximum absolute atomic E-state index is 8.68. The van der Waals surface area contributed by atoms with Gasteiger partial charge in [-0.1, -0.05) is 65.1 Å². The highest BCUT2D eigenvalue weighted by molar-refractivity contribution is 8.43. The topological polar surface area (TPSA) is 36.1 Å². The maximum atomic E-state index is 8.68. The number of hydrogen-bond acceptors (Lipinski definition) is 6. The predicted octanol–water partition coefficient (Wildman–Crippen LogP) is 6.03. The highest BCUT2D eigenvalue weighted by Gasteiger charge is 2.56. The SMILES string of the molecule is CS/C=C1\SC(SCSC#N)=NC1(C(C)(C)C)C(C)(C)C. The lowest BCUT2D eigenvalue weighted by molar-refractivity contribution is 0.107. The van der Waals surface area contributed by atoms with Crippen molar-refractivity contribution in [3.63, 3.8) is 0 Å². The predicted molar refractivity (Wildman–Crippen MR) is 104 cm³/mol. The molecule has 0 bridgehead atoms. The Kier molecular flexibility index (Phi) is 6.68. The van der Waals surface area contributed by atoms with Gasteiger partial charge in [0, 0.05) is 4.91 Å². The lowest BCUT2D eigenvalue weighted by Crippen LogP contribution is -2.51. The summed E-state index contributed by atoms with van der Waals surface area (Å²) in [6.45, 7) is 13.6. The van der Waals surface area contributed by atoms with E-state index in [1.807, 2.05) is 0 Å². The monoisotopic (exact) mass is 360 g/mol. The lowest BCUT2D eigenvalue weighted by atomic mass is 9.60. The third kappa shape index (κ3) is 3.99. The van der Waals surface area contributed by atoms with Gasteiger partial charge in [-0.15, -0.1) is 11.8 Å². The first-order chi connectivity index (χ1) is 9.60. The Morgan fingerprint density at radius 1 is 1.24 bits per heavy atom. The third-order valence-electron chi connectivity index (χ3n) is 3.51. The fourth-order valence-electron chi connectivity index (χ4n) is 2.97. The quantitative estimate of drug-likeness (QED) is 0.349. The molecule has 1 aliphatic rings. The van der Waals surface area contributed by atoms with E-state index >= 15 is 0 Å². The highest BCUT2D eigenvalue weighted by atomic mass is 32.2. The Morgan fingerprint density at radius 2 is 1.81 bits per heavy atom. The zero-order valence-corrected chi connectivity index (χ0v) is 17.1. The first-order valence-corrected chi connectivity index (χ1v) is 10.8. The number of nitrogens with zero attached hydrogens (tertiary/aromatic N) is 2. The van der Waals surface area contributed by atoms with Crippen LogP contribution in [-0.2, 0) is 0 Å². The second-order valence-electron chi connectivity index (χ2n) is 6.91. The fraction of sp³-hybridized carbons (Fsp3) is 0.733. The number of aliphatic imine (C=N–C) groups is 1. The molecule has 1 heterocycles. The van der Waals surface area contributed by atoms with Crippen molar-refractivity contribution in [3.8, 4) is 5.40 Å². The molecule has 0 N–H and O–H groups in total. The molecule has 0 atom stereocenters. The molecule has 0 amide bonds. The zero-order valence-electron chi connectivity index (χ0n) is 13.8. The van der Waals surface area contributed by atoms with Crippen molar-refractivity contribution in [3.05, 3.63) is 10.3 Å². The van der Waals surface area contributed by atoms with Crippen LogP contribution in [-0.4, -0.2) is 21.3 Å². The molecule has 6 heteroatoms. The van der Waals surface area contributed by atoms with Gasteiger partial charge in [0.25, 0.3) is 0 Å². The summed E-state index contributed by atoms with van der Waals surface area (Å²) in [7, 11) is 0. The largest absolute Gasteiger partial charge is 0.258 e. The lowest BCUT2D eigenvalue weighted by Gasteiger charge is -2.49.